The van der Waals surface area contributed by atoms with Gasteiger partial charge in [-0.3, -0.25) is 9.88 Å². The number of rotatable bonds is 3. The molecular weight excluding hydrogens is 284 g/mol. The van der Waals surface area contributed by atoms with Gasteiger partial charge in [-0.2, -0.15) is 11.8 Å². The Morgan fingerprint density at radius 2 is 2.44 bits per heavy atom. The standard InChI is InChI=1S/C12H17BrN2S/c1-2-12-9-15(3-4-16-12)8-10-5-11(13)7-14-6-10/h5-7,12H,2-4,8-9H2,1H3. The number of hydrogen-bond donors (Lipinski definition) is 0. The van der Waals surface area contributed by atoms with Crippen molar-refractivity contribution in [1.82, 2.24) is 9.88 Å². The van der Waals surface area contributed by atoms with Crippen molar-refractivity contribution in [2.75, 3.05) is 18.8 Å². The molecule has 0 radical (unpaired) electrons. The Hall–Kier alpha value is -0.0600. The number of nitrogens with zero attached hydrogens (tertiary/aromatic N) is 2. The summed E-state index contributed by atoms with van der Waals surface area (Å²) >= 11 is 5.58. The van der Waals surface area contributed by atoms with Crippen LogP contribution >= 0.6 is 27.7 Å². The first kappa shape index (κ1) is 12.4. The van der Waals surface area contributed by atoms with Gasteiger partial charge in [-0.1, -0.05) is 6.92 Å². The molecular formula is C12H17BrN2S. The normalized spacial score (nSPS) is 22.2. The summed E-state index contributed by atoms with van der Waals surface area (Å²) in [4.78, 5) is 6.75. The molecule has 16 heavy (non-hydrogen) atoms. The molecule has 0 aromatic carbocycles. The van der Waals surface area contributed by atoms with Crippen LogP contribution < -0.4 is 0 Å². The van der Waals surface area contributed by atoms with E-state index in [0.29, 0.717) is 0 Å². The lowest BCUT2D eigenvalue weighted by Crippen LogP contribution is -2.37. The van der Waals surface area contributed by atoms with Crippen molar-refractivity contribution < 1.29 is 0 Å². The van der Waals surface area contributed by atoms with Crippen LogP contribution in [0.1, 0.15) is 18.9 Å². The van der Waals surface area contributed by atoms with Crippen LogP contribution in [0.15, 0.2) is 22.9 Å². The van der Waals surface area contributed by atoms with Gasteiger partial charge >= 0.3 is 0 Å². The second kappa shape index (κ2) is 6.03. The van der Waals surface area contributed by atoms with Crippen LogP contribution in [0.3, 0.4) is 0 Å². The van der Waals surface area contributed by atoms with Crippen molar-refractivity contribution in [1.29, 1.82) is 0 Å². The van der Waals surface area contributed by atoms with Gasteiger partial charge in [0.1, 0.15) is 0 Å². The molecule has 0 amide bonds. The molecule has 1 aliphatic heterocycles. The summed E-state index contributed by atoms with van der Waals surface area (Å²) in [5.41, 5.74) is 1.30. The third kappa shape index (κ3) is 3.47. The van der Waals surface area contributed by atoms with E-state index < -0.39 is 0 Å². The van der Waals surface area contributed by atoms with Crippen molar-refractivity contribution in [3.63, 3.8) is 0 Å². The average Bonchev–Trinajstić information content (AvgIpc) is 2.29. The Labute approximate surface area is 110 Å². The summed E-state index contributed by atoms with van der Waals surface area (Å²) in [6, 6.07) is 2.16. The molecule has 0 spiro atoms. The maximum Gasteiger partial charge on any atom is 0.0410 e. The first-order chi connectivity index (χ1) is 7.78. The molecule has 1 unspecified atom stereocenters. The Bertz CT molecular complexity index is 346. The van der Waals surface area contributed by atoms with Crippen molar-refractivity contribution in [2.45, 2.75) is 25.1 Å². The predicted molar refractivity (Wildman–Crippen MR) is 73.8 cm³/mol. The Balaban J connectivity index is 1.94. The Morgan fingerprint density at radius 3 is 3.19 bits per heavy atom. The highest BCUT2D eigenvalue weighted by molar-refractivity contribution is 9.10. The zero-order valence-electron chi connectivity index (χ0n) is 9.53. The number of hydrogen-bond acceptors (Lipinski definition) is 3. The predicted octanol–water partition coefficient (Wildman–Crippen LogP) is 3.17. The number of aromatic nitrogens is 1. The lowest BCUT2D eigenvalue weighted by Gasteiger charge is -2.31. The Kier molecular flexibility index (Phi) is 4.67. The molecule has 2 nitrogen and oxygen atoms in total. The summed E-state index contributed by atoms with van der Waals surface area (Å²) in [6.45, 7) is 5.73. The highest BCUT2D eigenvalue weighted by Crippen LogP contribution is 2.22. The summed E-state index contributed by atoms with van der Waals surface area (Å²) in [7, 11) is 0. The van der Waals surface area contributed by atoms with E-state index in [2.05, 4.69) is 50.6 Å². The quantitative estimate of drug-likeness (QED) is 0.853. The van der Waals surface area contributed by atoms with Gasteiger partial charge in [-0.05, 0) is 34.0 Å². The van der Waals surface area contributed by atoms with Gasteiger partial charge in [0.2, 0.25) is 0 Å². The van der Waals surface area contributed by atoms with Gasteiger partial charge in [0.25, 0.3) is 0 Å². The SMILES string of the molecule is CCC1CN(Cc2cncc(Br)c2)CCS1. The Morgan fingerprint density at radius 1 is 1.56 bits per heavy atom. The largest absolute Gasteiger partial charge is 0.297 e. The topological polar surface area (TPSA) is 16.1 Å². The molecule has 0 saturated carbocycles. The fraction of sp³-hybridized carbons (Fsp3) is 0.583. The van der Waals surface area contributed by atoms with E-state index in [1.807, 2.05) is 12.4 Å². The summed E-state index contributed by atoms with van der Waals surface area (Å²) in [6.07, 6.45) is 5.08. The maximum atomic E-state index is 4.21. The molecule has 1 atom stereocenters. The fourth-order valence-electron chi connectivity index (χ4n) is 1.97. The number of halogens is 1. The molecule has 1 aliphatic rings. The van der Waals surface area contributed by atoms with Crippen LogP contribution in [0, 0.1) is 0 Å². The van der Waals surface area contributed by atoms with E-state index in [1.54, 1.807) is 0 Å². The van der Waals surface area contributed by atoms with Crippen LogP contribution in [0.4, 0.5) is 0 Å². The third-order valence-electron chi connectivity index (χ3n) is 2.85. The van der Waals surface area contributed by atoms with Crippen molar-refractivity contribution in [3.8, 4) is 0 Å². The van der Waals surface area contributed by atoms with Crippen molar-refractivity contribution >= 4 is 27.7 Å². The number of thioether (sulfide) groups is 1. The van der Waals surface area contributed by atoms with Crippen LogP contribution in [-0.4, -0.2) is 34.0 Å². The molecule has 0 bridgehead atoms. The van der Waals surface area contributed by atoms with E-state index in [0.717, 1.165) is 16.3 Å². The first-order valence-electron chi connectivity index (χ1n) is 5.71. The van der Waals surface area contributed by atoms with Gasteiger partial charge in [0.15, 0.2) is 0 Å². The van der Waals surface area contributed by atoms with E-state index >= 15 is 0 Å². The molecule has 0 aliphatic carbocycles. The highest BCUT2D eigenvalue weighted by atomic mass is 79.9. The molecule has 1 aromatic heterocycles. The zero-order valence-corrected chi connectivity index (χ0v) is 11.9. The van der Waals surface area contributed by atoms with E-state index in [-0.39, 0.29) is 0 Å². The second-order valence-electron chi connectivity index (χ2n) is 4.15. The van der Waals surface area contributed by atoms with E-state index in [1.165, 1.54) is 30.8 Å². The zero-order chi connectivity index (χ0) is 11.4. The molecule has 0 N–H and O–H groups in total. The number of pyridine rings is 1. The van der Waals surface area contributed by atoms with Crippen molar-refractivity contribution in [3.05, 3.63) is 28.5 Å². The van der Waals surface area contributed by atoms with Gasteiger partial charge < -0.3 is 0 Å². The van der Waals surface area contributed by atoms with E-state index in [4.69, 9.17) is 0 Å². The summed E-state index contributed by atoms with van der Waals surface area (Å²) in [5, 5.41) is 0.814. The lowest BCUT2D eigenvalue weighted by molar-refractivity contribution is 0.273. The third-order valence-corrected chi connectivity index (χ3v) is 4.65. The van der Waals surface area contributed by atoms with Crippen LogP contribution in [-0.2, 0) is 6.54 Å². The monoisotopic (exact) mass is 300 g/mol. The molecule has 2 heterocycles. The minimum Gasteiger partial charge on any atom is -0.297 e. The summed E-state index contributed by atoms with van der Waals surface area (Å²) in [5.74, 6) is 1.26. The van der Waals surface area contributed by atoms with Crippen LogP contribution in [0.25, 0.3) is 0 Å². The average molecular weight is 301 g/mol. The molecule has 1 aromatic rings. The van der Waals surface area contributed by atoms with E-state index in [9.17, 15) is 0 Å². The van der Waals surface area contributed by atoms with Crippen molar-refractivity contribution in [2.24, 2.45) is 0 Å². The second-order valence-corrected chi connectivity index (χ2v) is 6.47. The molecule has 1 fully saturated rings. The molecule has 88 valence electrons. The smallest absolute Gasteiger partial charge is 0.0410 e. The van der Waals surface area contributed by atoms with Crippen LogP contribution in [0.5, 0.6) is 0 Å². The van der Waals surface area contributed by atoms with Gasteiger partial charge in [0, 0.05) is 47.5 Å². The van der Waals surface area contributed by atoms with Gasteiger partial charge in [-0.25, -0.2) is 0 Å². The fourth-order valence-corrected chi connectivity index (χ4v) is 3.63. The molecule has 1 saturated heterocycles. The summed E-state index contributed by atoms with van der Waals surface area (Å²) < 4.78 is 1.07. The minimum absolute atomic E-state index is 0.814. The maximum absolute atomic E-state index is 4.21. The minimum atomic E-state index is 0.814. The molecule has 2 rings (SSSR count). The van der Waals surface area contributed by atoms with Gasteiger partial charge in [-0.15, -0.1) is 0 Å². The lowest BCUT2D eigenvalue weighted by atomic mass is 10.2. The first-order valence-corrected chi connectivity index (χ1v) is 7.55. The van der Waals surface area contributed by atoms with Crippen LogP contribution in [0.2, 0.25) is 0 Å². The highest BCUT2D eigenvalue weighted by Gasteiger charge is 2.18. The molecule has 4 heteroatoms. The van der Waals surface area contributed by atoms with Gasteiger partial charge in [0.05, 0.1) is 0 Å².